The molecular weight excluding hydrogens is 409 g/mol. The first-order valence-electron chi connectivity index (χ1n) is 8.38. The first-order valence-corrected chi connectivity index (χ1v) is 10.6. The predicted octanol–water partition coefficient (Wildman–Crippen LogP) is 2.94. The van der Waals surface area contributed by atoms with Crippen LogP contribution in [0.4, 0.5) is 5.69 Å². The zero-order valence-corrected chi connectivity index (χ0v) is 16.8. The van der Waals surface area contributed by atoms with E-state index in [4.69, 9.17) is 23.2 Å². The fourth-order valence-electron chi connectivity index (χ4n) is 2.85. The van der Waals surface area contributed by atoms with Crippen molar-refractivity contribution in [2.75, 3.05) is 38.0 Å². The van der Waals surface area contributed by atoms with Crippen molar-refractivity contribution in [3.05, 3.63) is 58.6 Å². The molecule has 0 aliphatic carbocycles. The molecule has 1 fully saturated rings. The highest BCUT2D eigenvalue weighted by molar-refractivity contribution is 7.89. The van der Waals surface area contributed by atoms with E-state index in [0.717, 1.165) is 0 Å². The molecule has 1 aliphatic heterocycles. The molecule has 9 heteroatoms. The maximum Gasteiger partial charge on any atom is 0.243 e. The van der Waals surface area contributed by atoms with Gasteiger partial charge in [-0.3, -0.25) is 9.69 Å². The number of anilines is 1. The average Bonchev–Trinajstić information content (AvgIpc) is 2.62. The minimum Gasteiger partial charge on any atom is -0.325 e. The molecule has 1 saturated heterocycles. The Bertz CT molecular complexity index is 912. The number of nitrogens with zero attached hydrogens (tertiary/aromatic N) is 2. The molecule has 144 valence electrons. The molecular formula is C18H19Cl2N3O3S. The molecule has 0 spiro atoms. The van der Waals surface area contributed by atoms with Crippen molar-refractivity contribution in [3.63, 3.8) is 0 Å². The van der Waals surface area contributed by atoms with Crippen LogP contribution in [0.3, 0.4) is 0 Å². The van der Waals surface area contributed by atoms with Gasteiger partial charge in [-0.15, -0.1) is 0 Å². The van der Waals surface area contributed by atoms with Crippen molar-refractivity contribution in [3.8, 4) is 0 Å². The van der Waals surface area contributed by atoms with Gasteiger partial charge in [-0.25, -0.2) is 8.42 Å². The summed E-state index contributed by atoms with van der Waals surface area (Å²) < 4.78 is 26.8. The van der Waals surface area contributed by atoms with Gasteiger partial charge < -0.3 is 5.32 Å². The summed E-state index contributed by atoms with van der Waals surface area (Å²) in [6, 6.07) is 13.1. The maximum absolute atomic E-state index is 12.7. The molecule has 27 heavy (non-hydrogen) atoms. The molecule has 3 rings (SSSR count). The second-order valence-electron chi connectivity index (χ2n) is 6.19. The van der Waals surface area contributed by atoms with Gasteiger partial charge in [0.1, 0.15) is 0 Å². The van der Waals surface area contributed by atoms with E-state index in [2.05, 4.69) is 5.32 Å². The van der Waals surface area contributed by atoms with Gasteiger partial charge in [-0.05, 0) is 42.5 Å². The number of piperazine rings is 1. The van der Waals surface area contributed by atoms with Crippen LogP contribution >= 0.6 is 23.2 Å². The molecule has 2 aromatic rings. The summed E-state index contributed by atoms with van der Waals surface area (Å²) in [7, 11) is -3.55. The first kappa shape index (κ1) is 20.1. The summed E-state index contributed by atoms with van der Waals surface area (Å²) in [5.74, 6) is -0.161. The highest BCUT2D eigenvalue weighted by atomic mass is 35.5. The van der Waals surface area contributed by atoms with E-state index in [9.17, 15) is 13.2 Å². The second kappa shape index (κ2) is 8.58. The molecule has 0 atom stereocenters. The number of rotatable bonds is 5. The molecule has 2 aromatic carbocycles. The number of carbonyl (C=O) groups is 1. The number of amides is 1. The Kier molecular flexibility index (Phi) is 6.39. The van der Waals surface area contributed by atoms with Crippen LogP contribution in [0.25, 0.3) is 0 Å². The summed E-state index contributed by atoms with van der Waals surface area (Å²) in [6.45, 7) is 1.82. The van der Waals surface area contributed by atoms with Crippen LogP contribution in [0.2, 0.25) is 10.0 Å². The van der Waals surface area contributed by atoms with E-state index in [0.29, 0.717) is 41.9 Å². The lowest BCUT2D eigenvalue weighted by Crippen LogP contribution is -2.50. The van der Waals surface area contributed by atoms with Crippen LogP contribution in [0.5, 0.6) is 0 Å². The SMILES string of the molecule is O=C(CN1CCN(S(=O)(=O)c2ccc(Cl)cc2)CC1)Nc1cccc(Cl)c1. The van der Waals surface area contributed by atoms with E-state index in [1.54, 1.807) is 36.4 Å². The second-order valence-corrected chi connectivity index (χ2v) is 9.00. The van der Waals surface area contributed by atoms with Crippen LogP contribution in [-0.4, -0.2) is 56.3 Å². The quantitative estimate of drug-likeness (QED) is 0.795. The molecule has 1 N–H and O–H groups in total. The number of nitrogens with one attached hydrogen (secondary N) is 1. The molecule has 1 heterocycles. The molecule has 0 aromatic heterocycles. The van der Waals surface area contributed by atoms with Gasteiger partial charge in [0.2, 0.25) is 15.9 Å². The normalized spacial score (nSPS) is 16.2. The standard InChI is InChI=1S/C18H19Cl2N3O3S/c19-14-4-6-17(7-5-14)27(25,26)23-10-8-22(9-11-23)13-18(24)21-16-3-1-2-15(20)12-16/h1-7,12H,8-11,13H2,(H,21,24). The van der Waals surface area contributed by atoms with E-state index in [-0.39, 0.29) is 17.3 Å². The van der Waals surface area contributed by atoms with Gasteiger partial charge >= 0.3 is 0 Å². The Morgan fingerprint density at radius 3 is 2.26 bits per heavy atom. The van der Waals surface area contributed by atoms with Crippen LogP contribution in [-0.2, 0) is 14.8 Å². The van der Waals surface area contributed by atoms with Crippen molar-refractivity contribution >= 4 is 44.8 Å². The van der Waals surface area contributed by atoms with Gasteiger partial charge in [0.15, 0.2) is 0 Å². The number of hydrogen-bond donors (Lipinski definition) is 1. The summed E-state index contributed by atoms with van der Waals surface area (Å²) in [5.41, 5.74) is 0.636. The Labute approximate surface area is 168 Å². The average molecular weight is 428 g/mol. The minimum absolute atomic E-state index is 0.161. The van der Waals surface area contributed by atoms with E-state index in [1.165, 1.54) is 16.4 Å². The lowest BCUT2D eigenvalue weighted by Gasteiger charge is -2.33. The van der Waals surface area contributed by atoms with Crippen molar-refractivity contribution in [2.24, 2.45) is 0 Å². The molecule has 0 unspecified atom stereocenters. The molecule has 6 nitrogen and oxygen atoms in total. The number of carbonyl (C=O) groups excluding carboxylic acids is 1. The lowest BCUT2D eigenvalue weighted by molar-refractivity contribution is -0.117. The monoisotopic (exact) mass is 427 g/mol. The number of halogens is 2. The highest BCUT2D eigenvalue weighted by Crippen LogP contribution is 2.20. The first-order chi connectivity index (χ1) is 12.8. The van der Waals surface area contributed by atoms with Crippen molar-refractivity contribution < 1.29 is 13.2 Å². The van der Waals surface area contributed by atoms with Gasteiger partial charge in [0, 0.05) is 41.9 Å². The molecule has 0 bridgehead atoms. The maximum atomic E-state index is 12.7. The number of hydrogen-bond acceptors (Lipinski definition) is 4. The van der Waals surface area contributed by atoms with E-state index >= 15 is 0 Å². The topological polar surface area (TPSA) is 69.7 Å². The third-order valence-electron chi connectivity index (χ3n) is 4.26. The van der Waals surface area contributed by atoms with Crippen LogP contribution in [0.1, 0.15) is 0 Å². The minimum atomic E-state index is -3.55. The van der Waals surface area contributed by atoms with Gasteiger partial charge in [-0.2, -0.15) is 4.31 Å². The Balaban J connectivity index is 1.54. The molecule has 0 saturated carbocycles. The Morgan fingerprint density at radius 2 is 1.63 bits per heavy atom. The fourth-order valence-corrected chi connectivity index (χ4v) is 4.59. The lowest BCUT2D eigenvalue weighted by atomic mass is 10.3. The van der Waals surface area contributed by atoms with Crippen molar-refractivity contribution in [2.45, 2.75) is 4.90 Å². The molecule has 0 radical (unpaired) electrons. The van der Waals surface area contributed by atoms with Gasteiger partial charge in [-0.1, -0.05) is 29.3 Å². The van der Waals surface area contributed by atoms with Gasteiger partial charge in [0.25, 0.3) is 0 Å². The number of benzene rings is 2. The zero-order valence-electron chi connectivity index (χ0n) is 14.4. The summed E-state index contributed by atoms with van der Waals surface area (Å²) >= 11 is 11.7. The third-order valence-corrected chi connectivity index (χ3v) is 6.66. The largest absolute Gasteiger partial charge is 0.325 e. The smallest absolute Gasteiger partial charge is 0.243 e. The van der Waals surface area contributed by atoms with Gasteiger partial charge in [0.05, 0.1) is 11.4 Å². The van der Waals surface area contributed by atoms with Crippen LogP contribution < -0.4 is 5.32 Å². The molecule has 1 amide bonds. The van der Waals surface area contributed by atoms with E-state index in [1.807, 2.05) is 4.90 Å². The summed E-state index contributed by atoms with van der Waals surface area (Å²) in [5, 5.41) is 3.83. The van der Waals surface area contributed by atoms with Crippen molar-refractivity contribution in [1.82, 2.24) is 9.21 Å². The summed E-state index contributed by atoms with van der Waals surface area (Å²) in [6.07, 6.45) is 0. The zero-order chi connectivity index (χ0) is 19.4. The predicted molar refractivity (Wildman–Crippen MR) is 107 cm³/mol. The van der Waals surface area contributed by atoms with Crippen molar-refractivity contribution in [1.29, 1.82) is 0 Å². The Morgan fingerprint density at radius 1 is 0.963 bits per heavy atom. The highest BCUT2D eigenvalue weighted by Gasteiger charge is 2.29. The Hall–Kier alpha value is -1.64. The number of sulfonamides is 1. The van der Waals surface area contributed by atoms with Crippen LogP contribution in [0.15, 0.2) is 53.4 Å². The summed E-state index contributed by atoms with van der Waals surface area (Å²) in [4.78, 5) is 14.3. The molecule has 1 aliphatic rings. The van der Waals surface area contributed by atoms with E-state index < -0.39 is 10.0 Å². The van der Waals surface area contributed by atoms with Crippen LogP contribution in [0, 0.1) is 0 Å². The third kappa shape index (κ3) is 5.21. The fraction of sp³-hybridized carbons (Fsp3) is 0.278.